The minimum absolute atomic E-state index is 0.00870. The smallest absolute Gasteiger partial charge is 0.416 e. The van der Waals surface area contributed by atoms with Crippen LogP contribution in [0.5, 0.6) is 11.5 Å². The van der Waals surface area contributed by atoms with Gasteiger partial charge in [0.05, 0.1) is 12.7 Å². The number of benzene rings is 2. The second kappa shape index (κ2) is 8.60. The molecule has 0 saturated heterocycles. The van der Waals surface area contributed by atoms with Gasteiger partial charge in [-0.3, -0.25) is 4.79 Å². The number of ether oxygens (including phenoxy) is 2. The van der Waals surface area contributed by atoms with Gasteiger partial charge in [-0.2, -0.15) is 13.2 Å². The molecule has 0 aliphatic carbocycles. The molecule has 0 radical (unpaired) electrons. The van der Waals surface area contributed by atoms with E-state index in [-0.39, 0.29) is 12.5 Å². The van der Waals surface area contributed by atoms with Crippen molar-refractivity contribution in [2.75, 3.05) is 7.11 Å². The summed E-state index contributed by atoms with van der Waals surface area (Å²) in [5.74, 6) is 0.784. The molecule has 4 nitrogen and oxygen atoms in total. The normalized spacial score (nSPS) is 12.3. The molecule has 0 aliphatic rings. The van der Waals surface area contributed by atoms with Gasteiger partial charge in [0.1, 0.15) is 11.5 Å². The summed E-state index contributed by atoms with van der Waals surface area (Å²) in [4.78, 5) is 12.3. The van der Waals surface area contributed by atoms with Crippen molar-refractivity contribution in [3.8, 4) is 11.5 Å². The lowest BCUT2D eigenvalue weighted by molar-refractivity contribution is -0.137. The van der Waals surface area contributed by atoms with Crippen molar-refractivity contribution in [3.05, 3.63) is 59.7 Å². The maximum absolute atomic E-state index is 12.7. The van der Waals surface area contributed by atoms with Gasteiger partial charge in [-0.15, -0.1) is 0 Å². The van der Waals surface area contributed by atoms with Crippen LogP contribution < -0.4 is 14.8 Å². The topological polar surface area (TPSA) is 47.6 Å². The predicted molar refractivity (Wildman–Crippen MR) is 91.0 cm³/mol. The molecule has 1 unspecified atom stereocenters. The van der Waals surface area contributed by atoms with Gasteiger partial charge in [0.2, 0.25) is 0 Å². The molecular weight excluding hydrogens is 347 g/mol. The fourth-order valence-electron chi connectivity index (χ4n) is 2.30. The molecule has 0 heterocycles. The summed E-state index contributed by atoms with van der Waals surface area (Å²) in [6.07, 6.45) is -4.74. The average molecular weight is 367 g/mol. The van der Waals surface area contributed by atoms with Gasteiger partial charge in [-0.1, -0.05) is 19.1 Å². The maximum Gasteiger partial charge on any atom is 0.416 e. The number of alkyl halides is 3. The van der Waals surface area contributed by atoms with Crippen LogP contribution in [0.3, 0.4) is 0 Å². The average Bonchev–Trinajstić information content (AvgIpc) is 2.64. The second-order valence-electron chi connectivity index (χ2n) is 5.61. The van der Waals surface area contributed by atoms with Crippen LogP contribution in [0.4, 0.5) is 13.2 Å². The quantitative estimate of drug-likeness (QED) is 0.798. The maximum atomic E-state index is 12.7. The number of nitrogens with one attached hydrogen (secondary N) is 1. The van der Waals surface area contributed by atoms with Gasteiger partial charge in [0.15, 0.2) is 6.10 Å². The highest BCUT2D eigenvalue weighted by atomic mass is 19.4. The largest absolute Gasteiger partial charge is 0.497 e. The van der Waals surface area contributed by atoms with E-state index in [1.54, 1.807) is 38.3 Å². The van der Waals surface area contributed by atoms with E-state index in [9.17, 15) is 18.0 Å². The fraction of sp³-hybridized carbons (Fsp3) is 0.316. The van der Waals surface area contributed by atoms with Crippen molar-refractivity contribution in [1.82, 2.24) is 5.32 Å². The van der Waals surface area contributed by atoms with Crippen LogP contribution in [0.25, 0.3) is 0 Å². The summed E-state index contributed by atoms with van der Waals surface area (Å²) in [7, 11) is 1.55. The van der Waals surface area contributed by atoms with Crippen LogP contribution in [-0.4, -0.2) is 19.1 Å². The van der Waals surface area contributed by atoms with E-state index >= 15 is 0 Å². The Morgan fingerprint density at radius 2 is 1.77 bits per heavy atom. The lowest BCUT2D eigenvalue weighted by Gasteiger charge is -2.18. The summed E-state index contributed by atoms with van der Waals surface area (Å²) in [5.41, 5.74) is -0.377. The van der Waals surface area contributed by atoms with E-state index in [0.717, 1.165) is 12.1 Å². The molecule has 26 heavy (non-hydrogen) atoms. The number of amides is 1. The van der Waals surface area contributed by atoms with Crippen molar-refractivity contribution in [2.24, 2.45) is 0 Å². The summed E-state index contributed by atoms with van der Waals surface area (Å²) in [6, 6.07) is 11.6. The van der Waals surface area contributed by atoms with Gasteiger partial charge in [0.25, 0.3) is 5.91 Å². The van der Waals surface area contributed by atoms with Crippen LogP contribution in [-0.2, 0) is 17.5 Å². The van der Waals surface area contributed by atoms with Crippen molar-refractivity contribution < 1.29 is 27.4 Å². The Morgan fingerprint density at radius 1 is 1.12 bits per heavy atom. The SMILES string of the molecule is CCC(Oc1ccc(OC)cc1)C(=O)NCc1cccc(C(F)(F)F)c1. The van der Waals surface area contributed by atoms with Crippen molar-refractivity contribution in [3.63, 3.8) is 0 Å². The van der Waals surface area contributed by atoms with Crippen LogP contribution in [0.2, 0.25) is 0 Å². The number of halogens is 3. The summed E-state index contributed by atoms with van der Waals surface area (Å²) in [6.45, 7) is 1.78. The Hall–Kier alpha value is -2.70. The zero-order chi connectivity index (χ0) is 19.2. The number of rotatable bonds is 7. The van der Waals surface area contributed by atoms with E-state index in [1.807, 2.05) is 0 Å². The van der Waals surface area contributed by atoms with Crippen molar-refractivity contribution in [1.29, 1.82) is 0 Å². The summed E-state index contributed by atoms with van der Waals surface area (Å²) in [5, 5.41) is 2.62. The first-order valence-corrected chi connectivity index (χ1v) is 8.08. The molecule has 7 heteroatoms. The first kappa shape index (κ1) is 19.6. The molecule has 140 valence electrons. The minimum Gasteiger partial charge on any atom is -0.497 e. The van der Waals surface area contributed by atoms with E-state index in [4.69, 9.17) is 9.47 Å². The third-order valence-corrected chi connectivity index (χ3v) is 3.72. The monoisotopic (exact) mass is 367 g/mol. The Kier molecular flexibility index (Phi) is 6.49. The molecule has 0 bridgehead atoms. The highest BCUT2D eigenvalue weighted by molar-refractivity contribution is 5.81. The molecule has 1 amide bonds. The fourth-order valence-corrected chi connectivity index (χ4v) is 2.30. The summed E-state index contributed by atoms with van der Waals surface area (Å²) >= 11 is 0. The number of hydrogen-bond donors (Lipinski definition) is 1. The molecule has 0 fully saturated rings. The van der Waals surface area contributed by atoms with Crippen molar-refractivity contribution in [2.45, 2.75) is 32.2 Å². The van der Waals surface area contributed by atoms with Gasteiger partial charge in [-0.25, -0.2) is 0 Å². The number of methoxy groups -OCH3 is 1. The van der Waals surface area contributed by atoms with E-state index in [2.05, 4.69) is 5.32 Å². The van der Waals surface area contributed by atoms with Crippen LogP contribution in [0.1, 0.15) is 24.5 Å². The highest BCUT2D eigenvalue weighted by Crippen LogP contribution is 2.29. The molecule has 0 saturated carbocycles. The van der Waals surface area contributed by atoms with Gasteiger partial charge in [0, 0.05) is 6.54 Å². The van der Waals surface area contributed by atoms with Crippen LogP contribution in [0.15, 0.2) is 48.5 Å². The molecule has 1 N–H and O–H groups in total. The van der Waals surface area contributed by atoms with Crippen LogP contribution >= 0.6 is 0 Å². The van der Waals surface area contributed by atoms with Crippen molar-refractivity contribution >= 4 is 5.91 Å². The zero-order valence-electron chi connectivity index (χ0n) is 14.5. The Morgan fingerprint density at radius 3 is 2.35 bits per heavy atom. The zero-order valence-corrected chi connectivity index (χ0v) is 14.5. The lowest BCUT2D eigenvalue weighted by Crippen LogP contribution is -2.37. The Bertz CT molecular complexity index is 730. The number of carbonyl (C=O) groups is 1. The first-order chi connectivity index (χ1) is 12.3. The van der Waals surface area contributed by atoms with E-state index < -0.39 is 17.8 Å². The predicted octanol–water partition coefficient (Wildman–Crippen LogP) is 4.19. The minimum atomic E-state index is -4.41. The Labute approximate surface area is 149 Å². The second-order valence-corrected chi connectivity index (χ2v) is 5.61. The van der Waals surface area contributed by atoms with Gasteiger partial charge >= 0.3 is 6.18 Å². The van der Waals surface area contributed by atoms with E-state index in [1.165, 1.54) is 12.1 Å². The molecule has 1 atom stereocenters. The number of hydrogen-bond acceptors (Lipinski definition) is 3. The molecule has 2 aromatic rings. The highest BCUT2D eigenvalue weighted by Gasteiger charge is 2.30. The van der Waals surface area contributed by atoms with Gasteiger partial charge in [-0.05, 0) is 48.4 Å². The van der Waals surface area contributed by atoms with E-state index in [0.29, 0.717) is 23.5 Å². The van der Waals surface area contributed by atoms with Gasteiger partial charge < -0.3 is 14.8 Å². The lowest BCUT2D eigenvalue weighted by atomic mass is 10.1. The Balaban J connectivity index is 1.96. The molecule has 2 aromatic carbocycles. The molecular formula is C19H20F3NO3. The third-order valence-electron chi connectivity index (χ3n) is 3.72. The molecule has 2 rings (SSSR count). The molecule has 0 spiro atoms. The third kappa shape index (κ3) is 5.40. The standard InChI is InChI=1S/C19H20F3NO3/c1-3-17(26-16-9-7-15(25-2)8-10-16)18(24)23-12-13-5-4-6-14(11-13)19(20,21)22/h4-11,17H,3,12H2,1-2H3,(H,23,24). The first-order valence-electron chi connectivity index (χ1n) is 8.08. The van der Waals surface area contributed by atoms with Crippen LogP contribution in [0, 0.1) is 0 Å². The summed E-state index contributed by atoms with van der Waals surface area (Å²) < 4.78 is 48.9. The molecule has 0 aliphatic heterocycles. The number of carbonyl (C=O) groups excluding carboxylic acids is 1. The molecule has 0 aromatic heterocycles.